The van der Waals surface area contributed by atoms with Crippen molar-refractivity contribution in [3.05, 3.63) is 11.6 Å². The lowest BCUT2D eigenvalue weighted by Gasteiger charge is -2.13. The van der Waals surface area contributed by atoms with Crippen LogP contribution in [0.2, 0.25) is 0 Å². The SMILES string of the molecule is CS(=O)(=O)c1c(N)nsc1NCCC1=CCCCC1. The molecule has 7 heteroatoms. The fraction of sp³-hybridized carbons (Fsp3) is 0.583. The van der Waals surface area contributed by atoms with E-state index in [0.717, 1.165) is 43.6 Å². The third-order valence-electron chi connectivity index (χ3n) is 3.16. The molecule has 0 saturated heterocycles. The van der Waals surface area contributed by atoms with Gasteiger partial charge in [-0.2, -0.15) is 4.37 Å². The van der Waals surface area contributed by atoms with Crippen LogP contribution in [0, 0.1) is 0 Å². The molecule has 0 aromatic carbocycles. The smallest absolute Gasteiger partial charge is 0.182 e. The van der Waals surface area contributed by atoms with Crippen LogP contribution in [0.25, 0.3) is 0 Å². The van der Waals surface area contributed by atoms with Gasteiger partial charge in [-0.25, -0.2) is 8.42 Å². The van der Waals surface area contributed by atoms with Crippen LogP contribution in [0.1, 0.15) is 32.1 Å². The molecule has 0 bridgehead atoms. The summed E-state index contributed by atoms with van der Waals surface area (Å²) in [7, 11) is -3.33. The second-order valence-corrected chi connectivity index (χ2v) is 7.51. The predicted molar refractivity (Wildman–Crippen MR) is 79.3 cm³/mol. The number of nitrogens with one attached hydrogen (secondary N) is 1. The van der Waals surface area contributed by atoms with Gasteiger partial charge in [-0.1, -0.05) is 11.6 Å². The first-order chi connectivity index (χ1) is 8.98. The molecule has 0 saturated carbocycles. The molecule has 0 unspecified atom stereocenters. The summed E-state index contributed by atoms with van der Waals surface area (Å²) in [4.78, 5) is 0.134. The maximum Gasteiger partial charge on any atom is 0.182 e. The van der Waals surface area contributed by atoms with Gasteiger partial charge in [0.2, 0.25) is 0 Å². The molecule has 1 aliphatic rings. The number of nitrogens with two attached hydrogens (primary N) is 1. The Hall–Kier alpha value is -1.08. The van der Waals surface area contributed by atoms with Gasteiger partial charge in [0.1, 0.15) is 9.90 Å². The Kier molecular flexibility index (Phi) is 4.46. The molecule has 19 heavy (non-hydrogen) atoms. The lowest BCUT2D eigenvalue weighted by Crippen LogP contribution is -2.08. The molecule has 0 amide bonds. The van der Waals surface area contributed by atoms with E-state index in [1.54, 1.807) is 0 Å². The van der Waals surface area contributed by atoms with Crippen LogP contribution in [0.3, 0.4) is 0 Å². The van der Waals surface area contributed by atoms with E-state index in [9.17, 15) is 8.42 Å². The van der Waals surface area contributed by atoms with Crippen LogP contribution in [0.4, 0.5) is 10.8 Å². The number of anilines is 2. The Balaban J connectivity index is 1.99. The van der Waals surface area contributed by atoms with Crippen LogP contribution < -0.4 is 11.1 Å². The van der Waals surface area contributed by atoms with Crippen molar-refractivity contribution in [2.75, 3.05) is 23.9 Å². The molecular weight excluding hydrogens is 282 g/mol. The normalized spacial score (nSPS) is 16.2. The van der Waals surface area contributed by atoms with Crippen molar-refractivity contribution in [1.82, 2.24) is 4.37 Å². The van der Waals surface area contributed by atoms with Gasteiger partial charge >= 0.3 is 0 Å². The Bertz CT molecular complexity index is 576. The number of rotatable bonds is 5. The van der Waals surface area contributed by atoms with Crippen molar-refractivity contribution < 1.29 is 8.42 Å². The molecule has 1 heterocycles. The van der Waals surface area contributed by atoms with Crippen molar-refractivity contribution in [3.8, 4) is 0 Å². The second-order valence-electron chi connectivity index (χ2n) is 4.78. The quantitative estimate of drug-likeness (QED) is 0.816. The molecule has 0 aliphatic heterocycles. The highest BCUT2D eigenvalue weighted by atomic mass is 32.2. The van der Waals surface area contributed by atoms with Gasteiger partial charge in [-0.05, 0) is 43.6 Å². The molecule has 0 spiro atoms. The van der Waals surface area contributed by atoms with Gasteiger partial charge in [-0.3, -0.25) is 0 Å². The van der Waals surface area contributed by atoms with Gasteiger partial charge < -0.3 is 11.1 Å². The number of aromatic nitrogens is 1. The summed E-state index contributed by atoms with van der Waals surface area (Å²) in [5.41, 5.74) is 7.07. The molecule has 1 aromatic rings. The summed E-state index contributed by atoms with van der Waals surface area (Å²) in [6, 6.07) is 0. The number of hydrogen-bond acceptors (Lipinski definition) is 6. The Labute approximate surface area is 118 Å². The number of allylic oxidation sites excluding steroid dienone is 1. The Morgan fingerprint density at radius 1 is 1.47 bits per heavy atom. The zero-order valence-corrected chi connectivity index (χ0v) is 12.6. The average molecular weight is 301 g/mol. The van der Waals surface area contributed by atoms with Crippen LogP contribution in [-0.2, 0) is 9.84 Å². The molecule has 0 atom stereocenters. The van der Waals surface area contributed by atoms with E-state index in [1.165, 1.54) is 18.4 Å². The molecule has 3 N–H and O–H groups in total. The minimum Gasteiger partial charge on any atom is -0.382 e. The standard InChI is InChI=1S/C12H19N3O2S2/c1-19(16,17)10-11(13)15-18-12(10)14-8-7-9-5-3-2-4-6-9/h5,14H,2-4,6-8H2,1H3,(H2,13,15). The monoisotopic (exact) mass is 301 g/mol. The fourth-order valence-corrected chi connectivity index (χ4v) is 4.33. The minimum atomic E-state index is -3.33. The van der Waals surface area contributed by atoms with Crippen LogP contribution in [0.15, 0.2) is 16.5 Å². The van der Waals surface area contributed by atoms with Crippen LogP contribution >= 0.6 is 11.5 Å². The molecule has 5 nitrogen and oxygen atoms in total. The van der Waals surface area contributed by atoms with Gasteiger partial charge in [-0.15, -0.1) is 0 Å². The fourth-order valence-electron chi connectivity index (χ4n) is 2.23. The maximum absolute atomic E-state index is 11.6. The molecule has 0 radical (unpaired) electrons. The topological polar surface area (TPSA) is 85.1 Å². The van der Waals surface area contributed by atoms with Crippen LogP contribution in [0.5, 0.6) is 0 Å². The summed E-state index contributed by atoms with van der Waals surface area (Å²) < 4.78 is 27.2. The van der Waals surface area contributed by atoms with E-state index in [4.69, 9.17) is 5.73 Å². The summed E-state index contributed by atoms with van der Waals surface area (Å²) in [5, 5.41) is 3.70. The number of hydrogen-bond donors (Lipinski definition) is 2. The van der Waals surface area contributed by atoms with Crippen molar-refractivity contribution in [3.63, 3.8) is 0 Å². The van der Waals surface area contributed by atoms with Crippen molar-refractivity contribution in [2.45, 2.75) is 37.0 Å². The number of nitrogens with zero attached hydrogens (tertiary/aromatic N) is 1. The summed E-state index contributed by atoms with van der Waals surface area (Å²) in [5.74, 6) is 0.0897. The molecular formula is C12H19N3O2S2. The molecule has 0 fully saturated rings. The van der Waals surface area contributed by atoms with E-state index in [0.29, 0.717) is 5.00 Å². The van der Waals surface area contributed by atoms with Gasteiger partial charge in [0.25, 0.3) is 0 Å². The highest BCUT2D eigenvalue weighted by Crippen LogP contribution is 2.31. The Morgan fingerprint density at radius 2 is 2.26 bits per heavy atom. The zero-order valence-electron chi connectivity index (χ0n) is 11.0. The summed E-state index contributed by atoms with van der Waals surface area (Å²) >= 11 is 1.10. The number of nitrogen functional groups attached to an aromatic ring is 1. The van der Waals surface area contributed by atoms with E-state index >= 15 is 0 Å². The van der Waals surface area contributed by atoms with E-state index in [1.807, 2.05) is 0 Å². The molecule has 1 aromatic heterocycles. The largest absolute Gasteiger partial charge is 0.382 e. The van der Waals surface area contributed by atoms with E-state index in [2.05, 4.69) is 15.8 Å². The van der Waals surface area contributed by atoms with E-state index in [-0.39, 0.29) is 10.7 Å². The first-order valence-electron chi connectivity index (χ1n) is 6.35. The lowest BCUT2D eigenvalue weighted by molar-refractivity contribution is 0.602. The zero-order chi connectivity index (χ0) is 13.9. The molecule has 106 valence electrons. The third-order valence-corrected chi connectivity index (χ3v) is 5.26. The number of sulfone groups is 1. The highest BCUT2D eigenvalue weighted by Gasteiger charge is 2.20. The van der Waals surface area contributed by atoms with E-state index < -0.39 is 9.84 Å². The first-order valence-corrected chi connectivity index (χ1v) is 9.02. The van der Waals surface area contributed by atoms with Gasteiger partial charge in [0, 0.05) is 12.8 Å². The second kappa shape index (κ2) is 5.92. The maximum atomic E-state index is 11.6. The average Bonchev–Trinajstić information content (AvgIpc) is 2.72. The van der Waals surface area contributed by atoms with Gasteiger partial charge in [0.15, 0.2) is 15.7 Å². The summed E-state index contributed by atoms with van der Waals surface area (Å²) in [6.07, 6.45) is 9.25. The molecule has 1 aliphatic carbocycles. The van der Waals surface area contributed by atoms with Crippen molar-refractivity contribution in [1.29, 1.82) is 0 Å². The third kappa shape index (κ3) is 3.70. The Morgan fingerprint density at radius 3 is 2.89 bits per heavy atom. The van der Waals surface area contributed by atoms with Crippen molar-refractivity contribution in [2.24, 2.45) is 0 Å². The van der Waals surface area contributed by atoms with Crippen molar-refractivity contribution >= 4 is 32.2 Å². The van der Waals surface area contributed by atoms with Gasteiger partial charge in [0.05, 0.1) is 0 Å². The highest BCUT2D eigenvalue weighted by molar-refractivity contribution is 7.91. The lowest BCUT2D eigenvalue weighted by atomic mass is 9.97. The first kappa shape index (κ1) is 14.3. The van der Waals surface area contributed by atoms with Crippen LogP contribution in [-0.4, -0.2) is 25.6 Å². The minimum absolute atomic E-state index is 0.0897. The molecule has 2 rings (SSSR count). The summed E-state index contributed by atoms with van der Waals surface area (Å²) in [6.45, 7) is 0.718. The predicted octanol–water partition coefficient (Wildman–Crippen LogP) is 2.43.